The molecule has 1 heteroatoms. The molecule has 1 atom stereocenters. The maximum atomic E-state index is 5.24. The molecule has 0 aromatic heterocycles. The number of hydrogen-bond acceptors (Lipinski definition) is 1. The second kappa shape index (κ2) is 8.78. The lowest BCUT2D eigenvalue weighted by Gasteiger charge is -2.14. The molecule has 0 saturated carbocycles. The van der Waals surface area contributed by atoms with Gasteiger partial charge in [-0.05, 0) is 43.9 Å². The fraction of sp³-hybridized carbons (Fsp3) is 0.529. The number of hydrogen-bond donors (Lipinski definition) is 1. The molecule has 0 amide bonds. The highest BCUT2D eigenvalue weighted by Gasteiger charge is 2.03. The smallest absolute Gasteiger partial charge is 0.0291 e. The summed E-state index contributed by atoms with van der Waals surface area (Å²) in [6.07, 6.45) is 10.9. The third-order valence-corrected chi connectivity index (χ3v) is 3.25. The number of terminal acetylenes is 1. The lowest BCUT2D eigenvalue weighted by molar-refractivity contribution is 0.562. The average Bonchev–Trinajstić information content (AvgIpc) is 2.41. The maximum absolute atomic E-state index is 5.24. The van der Waals surface area contributed by atoms with Gasteiger partial charge < -0.3 is 5.32 Å². The minimum absolute atomic E-state index is 0.406. The maximum Gasteiger partial charge on any atom is 0.0291 e. The van der Waals surface area contributed by atoms with Crippen molar-refractivity contribution in [3.05, 3.63) is 35.4 Å². The molecule has 0 aliphatic carbocycles. The molecule has 0 saturated heterocycles. The van der Waals surface area contributed by atoms with E-state index in [2.05, 4.69) is 49.4 Å². The van der Waals surface area contributed by atoms with Gasteiger partial charge in [-0.3, -0.25) is 0 Å². The Morgan fingerprint density at radius 3 is 2.56 bits per heavy atom. The van der Waals surface area contributed by atoms with Crippen molar-refractivity contribution in [1.82, 2.24) is 5.32 Å². The van der Waals surface area contributed by atoms with Crippen LogP contribution in [0.4, 0.5) is 0 Å². The molecule has 1 aromatic rings. The fourth-order valence-electron chi connectivity index (χ4n) is 1.98. The fourth-order valence-corrected chi connectivity index (χ4v) is 1.98. The van der Waals surface area contributed by atoms with Gasteiger partial charge in [-0.1, -0.05) is 37.6 Å². The zero-order chi connectivity index (χ0) is 13.2. The molecule has 0 heterocycles. The summed E-state index contributed by atoms with van der Waals surface area (Å²) >= 11 is 0. The summed E-state index contributed by atoms with van der Waals surface area (Å²) in [4.78, 5) is 0. The van der Waals surface area contributed by atoms with Crippen molar-refractivity contribution in [3.8, 4) is 12.3 Å². The average molecular weight is 243 g/mol. The van der Waals surface area contributed by atoms with Gasteiger partial charge in [-0.15, -0.1) is 12.3 Å². The first-order valence-electron chi connectivity index (χ1n) is 7.03. The first-order chi connectivity index (χ1) is 8.77. The molecule has 1 unspecified atom stereocenters. The number of unbranched alkanes of at least 4 members (excludes halogenated alkanes) is 2. The topological polar surface area (TPSA) is 12.0 Å². The summed E-state index contributed by atoms with van der Waals surface area (Å²) in [5.41, 5.74) is 2.80. The third-order valence-electron chi connectivity index (χ3n) is 3.25. The molecule has 0 spiro atoms. The Kier molecular flexibility index (Phi) is 7.22. The lowest BCUT2D eigenvalue weighted by atomic mass is 10.0. The first-order valence-corrected chi connectivity index (χ1v) is 7.03. The van der Waals surface area contributed by atoms with Crippen LogP contribution in [0, 0.1) is 12.3 Å². The quantitative estimate of drug-likeness (QED) is 0.535. The van der Waals surface area contributed by atoms with Gasteiger partial charge in [-0.25, -0.2) is 0 Å². The van der Waals surface area contributed by atoms with Gasteiger partial charge in [0.25, 0.3) is 0 Å². The van der Waals surface area contributed by atoms with Crippen molar-refractivity contribution in [2.45, 2.75) is 52.0 Å². The predicted molar refractivity (Wildman–Crippen MR) is 79.5 cm³/mol. The van der Waals surface area contributed by atoms with E-state index in [1.54, 1.807) is 0 Å². The first kappa shape index (κ1) is 14.8. The third kappa shape index (κ3) is 5.38. The number of rotatable bonds is 8. The molecule has 1 aromatic carbocycles. The van der Waals surface area contributed by atoms with Crippen molar-refractivity contribution < 1.29 is 0 Å². The molecule has 1 rings (SSSR count). The largest absolute Gasteiger partial charge is 0.310 e. The Balaban J connectivity index is 2.39. The zero-order valence-corrected chi connectivity index (χ0v) is 11.7. The molecule has 0 aliphatic heterocycles. The molecule has 98 valence electrons. The molecule has 0 radical (unpaired) electrons. The van der Waals surface area contributed by atoms with Crippen LogP contribution < -0.4 is 5.32 Å². The van der Waals surface area contributed by atoms with Crippen LogP contribution in [0.25, 0.3) is 0 Å². The highest BCUT2D eigenvalue weighted by Crippen LogP contribution is 2.14. The summed E-state index contributed by atoms with van der Waals surface area (Å²) in [6, 6.07) is 9.39. The molecule has 0 bridgehead atoms. The van der Waals surface area contributed by atoms with E-state index in [0.717, 1.165) is 19.4 Å². The number of nitrogens with one attached hydrogen (secondary N) is 1. The molecule has 0 fully saturated rings. The van der Waals surface area contributed by atoms with Gasteiger partial charge in [0.2, 0.25) is 0 Å². The van der Waals surface area contributed by atoms with E-state index in [0.29, 0.717) is 6.04 Å². The molecule has 1 N–H and O–H groups in total. The van der Waals surface area contributed by atoms with Gasteiger partial charge in [0, 0.05) is 12.5 Å². The Hall–Kier alpha value is -1.26. The van der Waals surface area contributed by atoms with Gasteiger partial charge in [0.15, 0.2) is 0 Å². The SMILES string of the molecule is C#CCCCNC(C)c1ccc(CCCC)cc1. The van der Waals surface area contributed by atoms with Crippen molar-refractivity contribution >= 4 is 0 Å². The summed E-state index contributed by atoms with van der Waals surface area (Å²) in [6.45, 7) is 5.43. The normalized spacial score (nSPS) is 12.1. The van der Waals surface area contributed by atoms with Crippen molar-refractivity contribution in [2.24, 2.45) is 0 Å². The second-order valence-corrected chi connectivity index (χ2v) is 4.83. The van der Waals surface area contributed by atoms with E-state index in [1.807, 2.05) is 0 Å². The summed E-state index contributed by atoms with van der Waals surface area (Å²) in [5.74, 6) is 2.67. The van der Waals surface area contributed by atoms with Crippen LogP contribution in [0.15, 0.2) is 24.3 Å². The van der Waals surface area contributed by atoms with Crippen molar-refractivity contribution in [3.63, 3.8) is 0 Å². The van der Waals surface area contributed by atoms with Crippen molar-refractivity contribution in [2.75, 3.05) is 6.54 Å². The van der Waals surface area contributed by atoms with E-state index < -0.39 is 0 Å². The van der Waals surface area contributed by atoms with Crippen molar-refractivity contribution in [1.29, 1.82) is 0 Å². The number of aryl methyl sites for hydroxylation is 1. The minimum Gasteiger partial charge on any atom is -0.310 e. The summed E-state index contributed by atoms with van der Waals surface area (Å²) in [7, 11) is 0. The van der Waals surface area contributed by atoms with Gasteiger partial charge >= 0.3 is 0 Å². The molecule has 0 aliphatic rings. The summed E-state index contributed by atoms with van der Waals surface area (Å²) in [5, 5.41) is 3.50. The highest BCUT2D eigenvalue weighted by atomic mass is 14.9. The van der Waals surface area contributed by atoms with E-state index in [1.165, 1.54) is 30.4 Å². The Morgan fingerprint density at radius 2 is 1.94 bits per heavy atom. The van der Waals surface area contributed by atoms with Gasteiger partial charge in [-0.2, -0.15) is 0 Å². The van der Waals surface area contributed by atoms with E-state index in [9.17, 15) is 0 Å². The standard InChI is InChI=1S/C17H25N/c1-4-6-8-14-18-15(3)17-12-10-16(11-13-17)9-7-5-2/h1,10-13,15,18H,5-9,14H2,2-3H3. The minimum atomic E-state index is 0.406. The Bertz CT molecular complexity index is 358. The van der Waals surface area contributed by atoms with Crippen LogP contribution >= 0.6 is 0 Å². The van der Waals surface area contributed by atoms with E-state index in [-0.39, 0.29) is 0 Å². The van der Waals surface area contributed by atoms with Crippen LogP contribution in [0.3, 0.4) is 0 Å². The van der Waals surface area contributed by atoms with E-state index in [4.69, 9.17) is 6.42 Å². The molecule has 1 nitrogen and oxygen atoms in total. The van der Waals surface area contributed by atoms with Crippen LogP contribution in [0.5, 0.6) is 0 Å². The monoisotopic (exact) mass is 243 g/mol. The van der Waals surface area contributed by atoms with Crippen LogP contribution in [-0.2, 0) is 6.42 Å². The highest BCUT2D eigenvalue weighted by molar-refractivity contribution is 5.24. The van der Waals surface area contributed by atoms with Crippen LogP contribution in [-0.4, -0.2) is 6.54 Å². The second-order valence-electron chi connectivity index (χ2n) is 4.83. The molecular formula is C17H25N. The molecular weight excluding hydrogens is 218 g/mol. The number of benzene rings is 1. The predicted octanol–water partition coefficient (Wildman–Crippen LogP) is 4.09. The van der Waals surface area contributed by atoms with Gasteiger partial charge in [0.1, 0.15) is 0 Å². The van der Waals surface area contributed by atoms with Crippen LogP contribution in [0.2, 0.25) is 0 Å². The Morgan fingerprint density at radius 1 is 1.22 bits per heavy atom. The lowest BCUT2D eigenvalue weighted by Crippen LogP contribution is -2.19. The molecule has 18 heavy (non-hydrogen) atoms. The van der Waals surface area contributed by atoms with Gasteiger partial charge in [0.05, 0.1) is 0 Å². The summed E-state index contributed by atoms with van der Waals surface area (Å²) < 4.78 is 0. The van der Waals surface area contributed by atoms with Crippen LogP contribution in [0.1, 0.15) is 56.7 Å². The van der Waals surface area contributed by atoms with E-state index >= 15 is 0 Å². The Labute approximate surface area is 112 Å². The zero-order valence-electron chi connectivity index (χ0n) is 11.7.